The van der Waals surface area contributed by atoms with Crippen LogP contribution in [-0.2, 0) is 6.54 Å². The molecule has 2 unspecified atom stereocenters. The molecule has 0 amide bonds. The molecule has 1 aliphatic rings. The van der Waals surface area contributed by atoms with Crippen LogP contribution in [0.4, 0.5) is 13.2 Å². The Balaban J connectivity index is 2.00. The monoisotopic (exact) mass is 247 g/mol. The molecule has 2 rings (SSSR count). The maximum Gasteiger partial charge on any atom is 0.393 e. The molecule has 0 bridgehead atoms. The molecule has 0 aromatic carbocycles. The van der Waals surface area contributed by atoms with E-state index in [4.69, 9.17) is 0 Å². The quantitative estimate of drug-likeness (QED) is 0.870. The smallest absolute Gasteiger partial charge is 0.334 e. The predicted molar refractivity (Wildman–Crippen MR) is 57.4 cm³/mol. The van der Waals surface area contributed by atoms with Crippen molar-refractivity contribution < 1.29 is 13.2 Å². The fourth-order valence-electron chi connectivity index (χ4n) is 2.25. The van der Waals surface area contributed by atoms with Crippen LogP contribution in [0.1, 0.15) is 31.6 Å². The van der Waals surface area contributed by atoms with E-state index in [1.165, 1.54) is 0 Å². The molecule has 0 aliphatic carbocycles. The fraction of sp³-hybridized carbons (Fsp3) is 0.727. The second kappa shape index (κ2) is 4.68. The van der Waals surface area contributed by atoms with E-state index < -0.39 is 12.1 Å². The lowest BCUT2D eigenvalue weighted by atomic mass is 9.94. The SMILES string of the molecule is CCn1ccnc1C1CCC(C(F)(F)F)CN1. The van der Waals surface area contributed by atoms with Gasteiger partial charge < -0.3 is 9.88 Å². The van der Waals surface area contributed by atoms with Crippen LogP contribution in [0, 0.1) is 5.92 Å². The minimum absolute atomic E-state index is 0.00919. The van der Waals surface area contributed by atoms with Crippen molar-refractivity contribution in [1.29, 1.82) is 0 Å². The maximum absolute atomic E-state index is 12.5. The number of piperidine rings is 1. The molecular weight excluding hydrogens is 231 g/mol. The third-order valence-corrected chi connectivity index (χ3v) is 3.28. The maximum atomic E-state index is 12.5. The summed E-state index contributed by atoms with van der Waals surface area (Å²) in [5.41, 5.74) is 0. The third kappa shape index (κ3) is 2.62. The van der Waals surface area contributed by atoms with Crippen molar-refractivity contribution in [3.63, 3.8) is 0 Å². The second-order valence-corrected chi connectivity index (χ2v) is 4.35. The summed E-state index contributed by atoms with van der Waals surface area (Å²) in [7, 11) is 0. The normalized spacial score (nSPS) is 26.1. The third-order valence-electron chi connectivity index (χ3n) is 3.28. The molecule has 0 saturated carbocycles. The van der Waals surface area contributed by atoms with Crippen LogP contribution >= 0.6 is 0 Å². The highest BCUT2D eigenvalue weighted by atomic mass is 19.4. The first-order chi connectivity index (χ1) is 8.02. The van der Waals surface area contributed by atoms with Gasteiger partial charge in [-0.2, -0.15) is 13.2 Å². The predicted octanol–water partition coefficient (Wildman–Crippen LogP) is 2.51. The zero-order valence-corrected chi connectivity index (χ0v) is 9.67. The van der Waals surface area contributed by atoms with E-state index >= 15 is 0 Å². The Morgan fingerprint density at radius 1 is 1.47 bits per heavy atom. The summed E-state index contributed by atoms with van der Waals surface area (Å²) in [6, 6.07) is -0.0523. The molecule has 17 heavy (non-hydrogen) atoms. The zero-order valence-electron chi connectivity index (χ0n) is 9.67. The molecule has 0 spiro atoms. The van der Waals surface area contributed by atoms with Gasteiger partial charge in [-0.05, 0) is 19.8 Å². The van der Waals surface area contributed by atoms with Crippen LogP contribution in [0.3, 0.4) is 0 Å². The number of halogens is 3. The van der Waals surface area contributed by atoms with Gasteiger partial charge in [-0.3, -0.25) is 0 Å². The first-order valence-electron chi connectivity index (χ1n) is 5.83. The van der Waals surface area contributed by atoms with E-state index in [9.17, 15) is 13.2 Å². The Bertz CT molecular complexity index is 364. The molecule has 0 radical (unpaired) electrons. The summed E-state index contributed by atoms with van der Waals surface area (Å²) in [5, 5.41) is 2.95. The van der Waals surface area contributed by atoms with Crippen LogP contribution < -0.4 is 5.32 Å². The Morgan fingerprint density at radius 3 is 2.76 bits per heavy atom. The Kier molecular flexibility index (Phi) is 3.42. The van der Waals surface area contributed by atoms with E-state index in [-0.39, 0.29) is 19.0 Å². The van der Waals surface area contributed by atoms with Gasteiger partial charge in [-0.25, -0.2) is 4.98 Å². The molecule has 2 atom stereocenters. The molecule has 2 heterocycles. The number of aromatic nitrogens is 2. The molecule has 1 saturated heterocycles. The van der Waals surface area contributed by atoms with Crippen LogP contribution in [-0.4, -0.2) is 22.3 Å². The van der Waals surface area contributed by atoms with E-state index in [1.54, 1.807) is 6.20 Å². The molecule has 1 aromatic rings. The minimum atomic E-state index is -4.09. The highest BCUT2D eigenvalue weighted by molar-refractivity contribution is 5.01. The van der Waals surface area contributed by atoms with Crippen LogP contribution in [0.15, 0.2) is 12.4 Å². The largest absolute Gasteiger partial charge is 0.393 e. The van der Waals surface area contributed by atoms with Gasteiger partial charge in [0.2, 0.25) is 0 Å². The first-order valence-corrected chi connectivity index (χ1v) is 5.83. The molecule has 1 aromatic heterocycles. The number of hydrogen-bond donors (Lipinski definition) is 1. The lowest BCUT2D eigenvalue weighted by Gasteiger charge is -2.30. The van der Waals surface area contributed by atoms with Gasteiger partial charge in [-0.1, -0.05) is 0 Å². The second-order valence-electron chi connectivity index (χ2n) is 4.35. The van der Waals surface area contributed by atoms with Crippen molar-refractivity contribution in [3.8, 4) is 0 Å². The van der Waals surface area contributed by atoms with Gasteiger partial charge in [0.05, 0.1) is 12.0 Å². The molecule has 6 heteroatoms. The molecule has 96 valence electrons. The van der Waals surface area contributed by atoms with Gasteiger partial charge >= 0.3 is 6.18 Å². The summed E-state index contributed by atoms with van der Waals surface area (Å²) in [4.78, 5) is 4.22. The first kappa shape index (κ1) is 12.4. The Labute approximate surface area is 98.0 Å². The van der Waals surface area contributed by atoms with Crippen molar-refractivity contribution in [2.45, 2.75) is 38.5 Å². The summed E-state index contributed by atoms with van der Waals surface area (Å²) < 4.78 is 39.5. The highest BCUT2D eigenvalue weighted by Crippen LogP contribution is 2.35. The number of alkyl halides is 3. The minimum Gasteiger partial charge on any atom is -0.334 e. The summed E-state index contributed by atoms with van der Waals surface area (Å²) in [6.45, 7) is 2.77. The van der Waals surface area contributed by atoms with E-state index in [0.29, 0.717) is 6.42 Å². The van der Waals surface area contributed by atoms with E-state index in [1.807, 2.05) is 17.7 Å². The molecule has 1 N–H and O–H groups in total. The van der Waals surface area contributed by atoms with Crippen LogP contribution in [0.25, 0.3) is 0 Å². The molecule has 3 nitrogen and oxygen atoms in total. The van der Waals surface area contributed by atoms with Crippen molar-refractivity contribution >= 4 is 0 Å². The van der Waals surface area contributed by atoms with Crippen molar-refractivity contribution in [3.05, 3.63) is 18.2 Å². The van der Waals surface area contributed by atoms with Gasteiger partial charge in [0.1, 0.15) is 5.82 Å². The zero-order chi connectivity index (χ0) is 12.5. The highest BCUT2D eigenvalue weighted by Gasteiger charge is 2.42. The summed E-state index contributed by atoms with van der Waals surface area (Å²) in [5.74, 6) is -0.378. The van der Waals surface area contributed by atoms with Crippen molar-refractivity contribution in [1.82, 2.24) is 14.9 Å². The van der Waals surface area contributed by atoms with Crippen LogP contribution in [0.5, 0.6) is 0 Å². The fourth-order valence-corrected chi connectivity index (χ4v) is 2.25. The van der Waals surface area contributed by atoms with E-state index in [2.05, 4.69) is 10.3 Å². The lowest BCUT2D eigenvalue weighted by molar-refractivity contribution is -0.179. The average molecular weight is 247 g/mol. The number of imidazole rings is 1. The van der Waals surface area contributed by atoms with Gasteiger partial charge in [0, 0.05) is 25.5 Å². The van der Waals surface area contributed by atoms with Crippen LogP contribution in [0.2, 0.25) is 0 Å². The number of nitrogens with zero attached hydrogens (tertiary/aromatic N) is 2. The van der Waals surface area contributed by atoms with Crippen molar-refractivity contribution in [2.24, 2.45) is 5.92 Å². The van der Waals surface area contributed by atoms with E-state index in [0.717, 1.165) is 12.4 Å². The van der Waals surface area contributed by atoms with Crippen molar-refractivity contribution in [2.75, 3.05) is 6.54 Å². The number of rotatable bonds is 2. The van der Waals surface area contributed by atoms with Gasteiger partial charge in [0.15, 0.2) is 0 Å². The average Bonchev–Trinajstić information content (AvgIpc) is 2.76. The summed E-state index contributed by atoms with van der Waals surface area (Å²) >= 11 is 0. The Morgan fingerprint density at radius 2 is 2.24 bits per heavy atom. The molecular formula is C11H16F3N3. The summed E-state index contributed by atoms with van der Waals surface area (Å²) in [6.07, 6.45) is 0.125. The topological polar surface area (TPSA) is 29.9 Å². The molecule has 1 aliphatic heterocycles. The number of aryl methyl sites for hydroxylation is 1. The molecule has 1 fully saturated rings. The van der Waals surface area contributed by atoms with Gasteiger partial charge in [0.25, 0.3) is 0 Å². The standard InChI is InChI=1S/C11H16F3N3/c1-2-17-6-5-15-10(17)9-4-3-8(7-16-9)11(12,13)14/h5-6,8-9,16H,2-4,7H2,1H3. The number of nitrogens with one attached hydrogen (secondary N) is 1. The Hall–Kier alpha value is -1.04. The lowest BCUT2D eigenvalue weighted by Crippen LogP contribution is -2.41. The van der Waals surface area contributed by atoms with Gasteiger partial charge in [-0.15, -0.1) is 0 Å². The number of hydrogen-bond acceptors (Lipinski definition) is 2.